The quantitative estimate of drug-likeness (QED) is 0.727. The van der Waals surface area contributed by atoms with Crippen LogP contribution in [0.25, 0.3) is 0 Å². The second kappa shape index (κ2) is 4.78. The summed E-state index contributed by atoms with van der Waals surface area (Å²) in [6.45, 7) is 7.55. The lowest BCUT2D eigenvalue weighted by Gasteiger charge is -2.40. The van der Waals surface area contributed by atoms with Gasteiger partial charge in [0.1, 0.15) is 0 Å². The highest BCUT2D eigenvalue weighted by Gasteiger charge is 2.63. The Morgan fingerprint density at radius 3 is 2.42 bits per heavy atom. The van der Waals surface area contributed by atoms with Crippen molar-refractivity contribution >= 4 is 11.9 Å². The highest BCUT2D eigenvalue weighted by atomic mass is 16.6. The number of esters is 2. The molecule has 0 saturated carbocycles. The summed E-state index contributed by atoms with van der Waals surface area (Å²) in [5.41, 5.74) is -0.566. The highest BCUT2D eigenvalue weighted by molar-refractivity contribution is 5.66. The molecule has 0 unspecified atom stereocenters. The van der Waals surface area contributed by atoms with Crippen LogP contribution in [-0.2, 0) is 23.8 Å². The van der Waals surface area contributed by atoms with Crippen LogP contribution in [0.15, 0.2) is 0 Å². The van der Waals surface area contributed by atoms with Gasteiger partial charge in [-0.2, -0.15) is 0 Å². The molecule has 0 aromatic carbocycles. The molecule has 2 heterocycles. The number of carbonyl (C=O) groups excluding carboxylic acids is 2. The molecule has 5 heteroatoms. The highest BCUT2D eigenvalue weighted by Crippen LogP contribution is 2.57. The summed E-state index contributed by atoms with van der Waals surface area (Å²) in [6, 6.07) is 0. The molecule has 19 heavy (non-hydrogen) atoms. The minimum absolute atomic E-state index is 0.0574. The molecule has 0 aliphatic carbocycles. The van der Waals surface area contributed by atoms with E-state index < -0.39 is 0 Å². The number of hydrogen-bond acceptors (Lipinski definition) is 5. The van der Waals surface area contributed by atoms with Crippen LogP contribution < -0.4 is 0 Å². The van der Waals surface area contributed by atoms with Crippen molar-refractivity contribution in [3.63, 3.8) is 0 Å². The first-order valence-electron chi connectivity index (χ1n) is 6.72. The number of hydrogen-bond donors (Lipinski definition) is 0. The van der Waals surface area contributed by atoms with E-state index in [4.69, 9.17) is 14.2 Å². The molecule has 2 aliphatic rings. The molecular weight excluding hydrogens is 248 g/mol. The van der Waals surface area contributed by atoms with Gasteiger partial charge in [-0.1, -0.05) is 6.92 Å². The summed E-state index contributed by atoms with van der Waals surface area (Å²) in [5, 5.41) is 0. The average Bonchev–Trinajstić information content (AvgIpc) is 2.77. The lowest BCUT2D eigenvalue weighted by atomic mass is 9.63. The van der Waals surface area contributed by atoms with E-state index in [0.717, 1.165) is 12.8 Å². The van der Waals surface area contributed by atoms with Crippen molar-refractivity contribution in [1.82, 2.24) is 0 Å². The zero-order chi connectivity index (χ0) is 14.3. The first kappa shape index (κ1) is 14.3. The minimum Gasteiger partial charge on any atom is -0.465 e. The van der Waals surface area contributed by atoms with Crippen molar-refractivity contribution in [1.29, 1.82) is 0 Å². The summed E-state index contributed by atoms with van der Waals surface area (Å²) in [5.74, 6) is -0.524. The molecule has 2 fully saturated rings. The maximum absolute atomic E-state index is 11.1. The van der Waals surface area contributed by atoms with Gasteiger partial charge in [0.05, 0.1) is 24.9 Å². The topological polar surface area (TPSA) is 61.8 Å². The maximum atomic E-state index is 11.1. The molecule has 0 spiro atoms. The summed E-state index contributed by atoms with van der Waals surface area (Å²) in [4.78, 5) is 22.1. The van der Waals surface area contributed by atoms with E-state index in [2.05, 4.69) is 13.8 Å². The van der Waals surface area contributed by atoms with E-state index in [0.29, 0.717) is 13.2 Å². The Morgan fingerprint density at radius 2 is 1.84 bits per heavy atom. The summed E-state index contributed by atoms with van der Waals surface area (Å²) in [7, 11) is 0. The fraction of sp³-hybridized carbons (Fsp3) is 0.857. The zero-order valence-electron chi connectivity index (χ0n) is 12.0. The second-order valence-corrected chi connectivity index (χ2v) is 6.10. The van der Waals surface area contributed by atoms with Crippen LogP contribution in [0.5, 0.6) is 0 Å². The summed E-state index contributed by atoms with van der Waals surface area (Å²) < 4.78 is 16.5. The molecule has 0 aromatic rings. The van der Waals surface area contributed by atoms with Crippen LogP contribution in [0.1, 0.15) is 40.5 Å². The average molecular weight is 270 g/mol. The van der Waals surface area contributed by atoms with E-state index in [9.17, 15) is 9.59 Å². The fourth-order valence-electron chi connectivity index (χ4n) is 3.52. The molecule has 2 rings (SSSR count). The predicted octanol–water partition coefficient (Wildman–Crippen LogP) is 1.69. The molecule has 0 N–H and O–H groups in total. The predicted molar refractivity (Wildman–Crippen MR) is 67.4 cm³/mol. The molecule has 5 nitrogen and oxygen atoms in total. The van der Waals surface area contributed by atoms with Crippen molar-refractivity contribution in [3.05, 3.63) is 0 Å². The SMILES string of the molecule is CC(=O)OC[C@H]1[C@](C)(COC(C)=O)[C@H]2CC[C@@]1(C)O2. The molecule has 2 bridgehead atoms. The van der Waals surface area contributed by atoms with Crippen LogP contribution >= 0.6 is 0 Å². The second-order valence-electron chi connectivity index (χ2n) is 6.10. The minimum atomic E-state index is -0.291. The third kappa shape index (κ3) is 2.48. The van der Waals surface area contributed by atoms with Crippen molar-refractivity contribution in [2.45, 2.75) is 52.2 Å². The standard InChI is InChI=1S/C14H22O5/c1-9(15)17-7-11-13(3,8-18-10(2)16)12-5-6-14(11,4)19-12/h11-12H,5-8H2,1-4H3/t11-,12+,13-,14+/m0/s1. The summed E-state index contributed by atoms with van der Waals surface area (Å²) in [6.07, 6.45) is 1.99. The number of rotatable bonds is 4. The van der Waals surface area contributed by atoms with E-state index in [1.807, 2.05) is 0 Å². The Balaban J connectivity index is 2.14. The van der Waals surface area contributed by atoms with Gasteiger partial charge in [-0.05, 0) is 19.8 Å². The molecule has 2 aliphatic heterocycles. The maximum Gasteiger partial charge on any atom is 0.302 e. The molecule has 0 aromatic heterocycles. The smallest absolute Gasteiger partial charge is 0.302 e. The van der Waals surface area contributed by atoms with E-state index in [1.165, 1.54) is 13.8 Å². The molecule has 108 valence electrons. The van der Waals surface area contributed by atoms with Crippen molar-refractivity contribution < 1.29 is 23.8 Å². The van der Waals surface area contributed by atoms with Crippen LogP contribution in [0.3, 0.4) is 0 Å². The van der Waals surface area contributed by atoms with Gasteiger partial charge < -0.3 is 14.2 Å². The fourth-order valence-corrected chi connectivity index (χ4v) is 3.52. The van der Waals surface area contributed by atoms with Crippen molar-refractivity contribution in [2.24, 2.45) is 11.3 Å². The van der Waals surface area contributed by atoms with E-state index in [1.54, 1.807) is 0 Å². The number of fused-ring (bicyclic) bond motifs is 2. The van der Waals surface area contributed by atoms with Gasteiger partial charge in [-0.3, -0.25) is 9.59 Å². The number of ether oxygens (including phenoxy) is 3. The first-order chi connectivity index (χ1) is 8.78. The van der Waals surface area contributed by atoms with E-state index in [-0.39, 0.29) is 35.0 Å². The Kier molecular flexibility index (Phi) is 3.60. The molecule has 2 saturated heterocycles. The van der Waals surface area contributed by atoms with Gasteiger partial charge in [-0.25, -0.2) is 0 Å². The van der Waals surface area contributed by atoms with Gasteiger partial charge in [0.25, 0.3) is 0 Å². The molecule has 4 atom stereocenters. The largest absolute Gasteiger partial charge is 0.465 e. The molecular formula is C14H22O5. The van der Waals surface area contributed by atoms with E-state index >= 15 is 0 Å². The molecule has 0 amide bonds. The Labute approximate surface area is 113 Å². The lowest BCUT2D eigenvalue weighted by Crippen LogP contribution is -2.48. The van der Waals surface area contributed by atoms with Gasteiger partial charge in [-0.15, -0.1) is 0 Å². The van der Waals surface area contributed by atoms with Gasteiger partial charge in [0.15, 0.2) is 0 Å². The van der Waals surface area contributed by atoms with Gasteiger partial charge >= 0.3 is 11.9 Å². The van der Waals surface area contributed by atoms with Crippen LogP contribution in [0.4, 0.5) is 0 Å². The summed E-state index contributed by atoms with van der Waals surface area (Å²) >= 11 is 0. The normalized spacial score (nSPS) is 40.2. The Bertz CT molecular complexity index is 393. The van der Waals surface area contributed by atoms with Crippen LogP contribution in [-0.4, -0.2) is 36.9 Å². The van der Waals surface area contributed by atoms with Crippen molar-refractivity contribution in [3.8, 4) is 0 Å². The Hall–Kier alpha value is -1.10. The third-order valence-electron chi connectivity index (χ3n) is 4.62. The van der Waals surface area contributed by atoms with Crippen molar-refractivity contribution in [2.75, 3.05) is 13.2 Å². The third-order valence-corrected chi connectivity index (χ3v) is 4.62. The van der Waals surface area contributed by atoms with Gasteiger partial charge in [0.2, 0.25) is 0 Å². The zero-order valence-corrected chi connectivity index (χ0v) is 12.0. The van der Waals surface area contributed by atoms with Crippen LogP contribution in [0.2, 0.25) is 0 Å². The Morgan fingerprint density at radius 1 is 1.21 bits per heavy atom. The lowest BCUT2D eigenvalue weighted by molar-refractivity contribution is -0.151. The monoisotopic (exact) mass is 270 g/mol. The number of carbonyl (C=O) groups is 2. The van der Waals surface area contributed by atoms with Crippen LogP contribution in [0, 0.1) is 11.3 Å². The van der Waals surface area contributed by atoms with Gasteiger partial charge in [0, 0.05) is 25.2 Å². The molecule has 0 radical (unpaired) electrons. The first-order valence-corrected chi connectivity index (χ1v) is 6.72.